The monoisotopic (exact) mass is 313 g/mol. The van der Waals surface area contributed by atoms with Gasteiger partial charge < -0.3 is 9.64 Å². The number of fused-ring (bicyclic) bond motifs is 1. The lowest BCUT2D eigenvalue weighted by Crippen LogP contribution is -2.17. The van der Waals surface area contributed by atoms with E-state index in [0.717, 1.165) is 45.3 Å². The number of anilines is 1. The quantitative estimate of drug-likeness (QED) is 0.731. The van der Waals surface area contributed by atoms with E-state index in [1.54, 1.807) is 18.4 Å². The number of aromatic nitrogens is 2. The maximum Gasteiger partial charge on any atom is 0.145 e. The Bertz CT molecular complexity index is 813. The number of para-hydroxylation sites is 1. The average Bonchev–Trinajstić information content (AvgIpc) is 2.90. The van der Waals surface area contributed by atoms with E-state index in [2.05, 4.69) is 39.4 Å². The third-order valence-corrected chi connectivity index (χ3v) is 4.53. The topological polar surface area (TPSA) is 38.2 Å². The second-order valence-electron chi connectivity index (χ2n) is 5.38. The summed E-state index contributed by atoms with van der Waals surface area (Å²) < 4.78 is 5.45. The summed E-state index contributed by atoms with van der Waals surface area (Å²) in [5, 5.41) is 4.30. The molecule has 0 N–H and O–H groups in total. The van der Waals surface area contributed by atoms with E-state index in [0.29, 0.717) is 0 Å². The minimum atomic E-state index is 0.786. The summed E-state index contributed by atoms with van der Waals surface area (Å²) in [5.41, 5.74) is 4.11. The van der Waals surface area contributed by atoms with Gasteiger partial charge in [0.1, 0.15) is 16.3 Å². The highest BCUT2D eigenvalue weighted by molar-refractivity contribution is 7.09. The fourth-order valence-electron chi connectivity index (χ4n) is 2.57. The number of benzene rings is 1. The molecule has 22 heavy (non-hydrogen) atoms. The van der Waals surface area contributed by atoms with Crippen molar-refractivity contribution in [1.82, 2.24) is 9.97 Å². The molecular weight excluding hydrogens is 294 g/mol. The molecule has 0 atom stereocenters. The Balaban J connectivity index is 2.05. The molecule has 0 radical (unpaired) electrons. The van der Waals surface area contributed by atoms with E-state index in [4.69, 9.17) is 4.74 Å². The number of rotatable bonds is 4. The van der Waals surface area contributed by atoms with Crippen LogP contribution in [0.2, 0.25) is 0 Å². The lowest BCUT2D eigenvalue weighted by molar-refractivity contribution is 0.419. The molecule has 0 aliphatic rings. The second-order valence-corrected chi connectivity index (χ2v) is 6.32. The molecule has 0 aliphatic heterocycles. The Kier molecular flexibility index (Phi) is 3.98. The van der Waals surface area contributed by atoms with Gasteiger partial charge in [-0.3, -0.25) is 0 Å². The molecule has 0 aliphatic carbocycles. The van der Waals surface area contributed by atoms with Crippen LogP contribution in [0, 0.1) is 13.8 Å². The maximum absolute atomic E-state index is 5.45. The van der Waals surface area contributed by atoms with E-state index in [9.17, 15) is 0 Å². The summed E-state index contributed by atoms with van der Waals surface area (Å²) >= 11 is 1.70. The van der Waals surface area contributed by atoms with Gasteiger partial charge in [-0.15, -0.1) is 11.3 Å². The predicted octanol–water partition coefficient (Wildman–Crippen LogP) is 3.95. The standard InChI is InChI=1S/C17H19N3OS/c1-11-8-14(20(3)9-16-18-12(2)10-22-16)13-6-5-7-15(21-4)17(13)19-11/h5-8,10H,9H2,1-4H3. The average molecular weight is 313 g/mol. The van der Waals surface area contributed by atoms with Gasteiger partial charge in [0.2, 0.25) is 0 Å². The molecule has 0 unspecified atom stereocenters. The minimum absolute atomic E-state index is 0.786. The number of ether oxygens (including phenoxy) is 1. The molecule has 2 aromatic heterocycles. The first kappa shape index (κ1) is 14.8. The smallest absolute Gasteiger partial charge is 0.145 e. The van der Waals surface area contributed by atoms with Gasteiger partial charge in [-0.05, 0) is 26.0 Å². The highest BCUT2D eigenvalue weighted by Crippen LogP contribution is 2.32. The van der Waals surface area contributed by atoms with E-state index in [-0.39, 0.29) is 0 Å². The van der Waals surface area contributed by atoms with Crippen LogP contribution in [0.1, 0.15) is 16.4 Å². The molecule has 0 saturated heterocycles. The van der Waals surface area contributed by atoms with Crippen LogP contribution in [-0.4, -0.2) is 24.1 Å². The molecule has 4 nitrogen and oxygen atoms in total. The third kappa shape index (κ3) is 2.76. The summed E-state index contributed by atoms with van der Waals surface area (Å²) in [4.78, 5) is 11.4. The second kappa shape index (κ2) is 5.93. The van der Waals surface area contributed by atoms with Crippen molar-refractivity contribution in [3.63, 3.8) is 0 Å². The molecule has 0 bridgehead atoms. The van der Waals surface area contributed by atoms with Gasteiger partial charge in [0.05, 0.1) is 13.7 Å². The van der Waals surface area contributed by atoms with E-state index in [1.165, 1.54) is 0 Å². The van der Waals surface area contributed by atoms with Gasteiger partial charge in [0, 0.05) is 34.9 Å². The zero-order valence-corrected chi connectivity index (χ0v) is 14.1. The van der Waals surface area contributed by atoms with Crippen molar-refractivity contribution in [2.45, 2.75) is 20.4 Å². The van der Waals surface area contributed by atoms with Gasteiger partial charge in [-0.2, -0.15) is 0 Å². The van der Waals surface area contributed by atoms with Crippen molar-refractivity contribution in [3.8, 4) is 5.75 Å². The molecule has 0 saturated carbocycles. The summed E-state index contributed by atoms with van der Waals surface area (Å²) in [6.45, 7) is 4.82. The van der Waals surface area contributed by atoms with Crippen LogP contribution in [0.3, 0.4) is 0 Å². The number of hydrogen-bond donors (Lipinski definition) is 0. The molecule has 5 heteroatoms. The van der Waals surface area contributed by atoms with Crippen LogP contribution in [0.5, 0.6) is 5.75 Å². The van der Waals surface area contributed by atoms with Gasteiger partial charge in [-0.25, -0.2) is 9.97 Å². The normalized spacial score (nSPS) is 10.9. The van der Waals surface area contributed by atoms with Crippen LogP contribution in [0.15, 0.2) is 29.6 Å². The molecule has 114 valence electrons. The van der Waals surface area contributed by atoms with E-state index >= 15 is 0 Å². The van der Waals surface area contributed by atoms with Crippen molar-refractivity contribution < 1.29 is 4.74 Å². The summed E-state index contributed by atoms with van der Waals surface area (Å²) in [5.74, 6) is 0.806. The van der Waals surface area contributed by atoms with Crippen molar-refractivity contribution in [2.24, 2.45) is 0 Å². The number of aryl methyl sites for hydroxylation is 2. The summed E-state index contributed by atoms with van der Waals surface area (Å²) in [7, 11) is 3.77. The van der Waals surface area contributed by atoms with Crippen LogP contribution < -0.4 is 9.64 Å². The molecule has 1 aromatic carbocycles. The molecule has 2 heterocycles. The maximum atomic E-state index is 5.45. The van der Waals surface area contributed by atoms with Gasteiger partial charge >= 0.3 is 0 Å². The largest absolute Gasteiger partial charge is 0.494 e. The van der Waals surface area contributed by atoms with Gasteiger partial charge in [-0.1, -0.05) is 12.1 Å². The van der Waals surface area contributed by atoms with Crippen LogP contribution in [0.25, 0.3) is 10.9 Å². The Hall–Kier alpha value is -2.14. The Morgan fingerprint density at radius 3 is 2.68 bits per heavy atom. The zero-order valence-electron chi connectivity index (χ0n) is 13.3. The summed E-state index contributed by atoms with van der Waals surface area (Å²) in [6, 6.07) is 8.15. The SMILES string of the molecule is COc1cccc2c(N(C)Cc3nc(C)cs3)cc(C)nc12. The van der Waals surface area contributed by atoms with Crippen molar-refractivity contribution in [3.05, 3.63) is 46.0 Å². The van der Waals surface area contributed by atoms with Gasteiger partial charge in [0.25, 0.3) is 0 Å². The van der Waals surface area contributed by atoms with Crippen LogP contribution in [0.4, 0.5) is 5.69 Å². The van der Waals surface area contributed by atoms with Crippen molar-refractivity contribution in [1.29, 1.82) is 0 Å². The van der Waals surface area contributed by atoms with E-state index in [1.807, 2.05) is 26.0 Å². The fourth-order valence-corrected chi connectivity index (χ4v) is 3.40. The fraction of sp³-hybridized carbons (Fsp3) is 0.294. The van der Waals surface area contributed by atoms with Gasteiger partial charge in [0.15, 0.2) is 0 Å². The Morgan fingerprint density at radius 1 is 1.18 bits per heavy atom. The molecule has 0 amide bonds. The number of nitrogens with zero attached hydrogens (tertiary/aromatic N) is 3. The minimum Gasteiger partial charge on any atom is -0.494 e. The highest BCUT2D eigenvalue weighted by atomic mass is 32.1. The summed E-state index contributed by atoms with van der Waals surface area (Å²) in [6.07, 6.45) is 0. The first-order chi connectivity index (χ1) is 10.6. The number of pyridine rings is 1. The number of thiazole rings is 1. The molecule has 3 aromatic rings. The first-order valence-electron chi connectivity index (χ1n) is 7.15. The lowest BCUT2D eigenvalue weighted by atomic mass is 10.1. The molecule has 0 spiro atoms. The van der Waals surface area contributed by atoms with E-state index < -0.39 is 0 Å². The van der Waals surface area contributed by atoms with Crippen molar-refractivity contribution in [2.75, 3.05) is 19.1 Å². The number of methoxy groups -OCH3 is 1. The van der Waals surface area contributed by atoms with Crippen molar-refractivity contribution >= 4 is 27.9 Å². The van der Waals surface area contributed by atoms with Crippen LogP contribution >= 0.6 is 11.3 Å². The van der Waals surface area contributed by atoms with Crippen LogP contribution in [-0.2, 0) is 6.54 Å². The predicted molar refractivity (Wildman–Crippen MR) is 92.0 cm³/mol. The molecule has 3 rings (SSSR count). The Morgan fingerprint density at radius 2 is 2.00 bits per heavy atom. The highest BCUT2D eigenvalue weighted by Gasteiger charge is 2.13. The zero-order chi connectivity index (χ0) is 15.7. The molecule has 0 fully saturated rings. The lowest BCUT2D eigenvalue weighted by Gasteiger charge is -2.21. The first-order valence-corrected chi connectivity index (χ1v) is 8.03. The third-order valence-electron chi connectivity index (χ3n) is 3.58. The number of hydrogen-bond acceptors (Lipinski definition) is 5. The molecular formula is C17H19N3OS. The Labute approximate surface area is 134 Å².